The highest BCUT2D eigenvalue weighted by Crippen LogP contribution is 2.44. The number of aromatic nitrogens is 1. The predicted octanol–water partition coefficient (Wildman–Crippen LogP) is 4.30. The minimum absolute atomic E-state index is 0.210. The fourth-order valence-corrected chi connectivity index (χ4v) is 4.36. The quantitative estimate of drug-likeness (QED) is 0.864. The van der Waals surface area contributed by atoms with Gasteiger partial charge >= 0.3 is 0 Å². The Kier molecular flexibility index (Phi) is 4.05. The third-order valence-corrected chi connectivity index (χ3v) is 5.85. The summed E-state index contributed by atoms with van der Waals surface area (Å²) in [6, 6.07) is 4.67. The minimum Gasteiger partial charge on any atom is -0.373 e. The number of ether oxygens (including phenoxy) is 1. The van der Waals surface area contributed by atoms with E-state index in [1.54, 1.807) is 0 Å². The molecule has 3 aliphatic rings. The van der Waals surface area contributed by atoms with Gasteiger partial charge in [0.05, 0.1) is 12.7 Å². The molecule has 3 heterocycles. The number of nitrogens with zero attached hydrogens (tertiary/aromatic N) is 1. The van der Waals surface area contributed by atoms with Crippen LogP contribution >= 0.6 is 0 Å². The first-order valence-electron chi connectivity index (χ1n) is 9.49. The van der Waals surface area contributed by atoms with E-state index in [9.17, 15) is 8.78 Å². The van der Waals surface area contributed by atoms with Crippen LogP contribution in [0.25, 0.3) is 11.3 Å². The molecule has 1 aromatic heterocycles. The molecule has 5 rings (SSSR count). The summed E-state index contributed by atoms with van der Waals surface area (Å²) in [6.07, 6.45) is 6.80. The molecule has 4 nitrogen and oxygen atoms in total. The lowest BCUT2D eigenvalue weighted by molar-refractivity contribution is 0.00875. The summed E-state index contributed by atoms with van der Waals surface area (Å²) in [7, 11) is 0. The summed E-state index contributed by atoms with van der Waals surface area (Å²) in [4.78, 5) is 0. The first kappa shape index (κ1) is 16.4. The van der Waals surface area contributed by atoms with E-state index >= 15 is 0 Å². The van der Waals surface area contributed by atoms with Crippen LogP contribution in [0, 0.1) is 11.6 Å². The number of hydrogen-bond donors (Lipinski definition) is 1. The van der Waals surface area contributed by atoms with Gasteiger partial charge in [-0.05, 0) is 50.7 Å². The van der Waals surface area contributed by atoms with E-state index in [4.69, 9.17) is 9.26 Å². The molecule has 1 aromatic carbocycles. The maximum atomic E-state index is 14.3. The average molecular weight is 360 g/mol. The number of hydrogen-bond acceptors (Lipinski definition) is 4. The van der Waals surface area contributed by atoms with E-state index < -0.39 is 11.6 Å². The van der Waals surface area contributed by atoms with Crippen molar-refractivity contribution in [1.29, 1.82) is 0 Å². The number of piperidine rings is 1. The molecule has 138 valence electrons. The third kappa shape index (κ3) is 3.05. The highest BCUT2D eigenvalue weighted by molar-refractivity contribution is 5.64. The van der Waals surface area contributed by atoms with Crippen molar-refractivity contribution in [2.24, 2.45) is 0 Å². The van der Waals surface area contributed by atoms with Crippen LogP contribution in [0.2, 0.25) is 0 Å². The van der Waals surface area contributed by atoms with Gasteiger partial charge in [0.1, 0.15) is 23.1 Å². The molecule has 1 saturated carbocycles. The van der Waals surface area contributed by atoms with E-state index in [0.29, 0.717) is 30.3 Å². The Morgan fingerprint density at radius 3 is 2.58 bits per heavy atom. The van der Waals surface area contributed by atoms with E-state index in [1.807, 2.05) is 0 Å². The molecule has 1 N–H and O–H groups in total. The van der Waals surface area contributed by atoms with Gasteiger partial charge in [-0.25, -0.2) is 8.78 Å². The summed E-state index contributed by atoms with van der Waals surface area (Å²) in [5.41, 5.74) is 1.54. The first-order chi connectivity index (χ1) is 12.7. The van der Waals surface area contributed by atoms with E-state index in [0.717, 1.165) is 43.1 Å². The SMILES string of the molecule is Fc1ccc(-c2noc(C3CC3)c2COC2CC3CC[C@@H](C2)N3)c(F)c1. The molecule has 2 aromatic rings. The van der Waals surface area contributed by atoms with Crippen molar-refractivity contribution in [2.75, 3.05) is 0 Å². The average Bonchev–Trinajstić information content (AvgIpc) is 3.30. The molecule has 1 aliphatic carbocycles. The standard InChI is InChI=1S/C20H22F2N2O2/c21-12-3-6-16(18(22)7-12)19-17(20(26-24-19)11-1-2-11)10-25-15-8-13-4-5-14(9-15)23-13/h3,6-7,11,13-15,23H,1-2,4-5,8-10H2/t13-,14?,15?/m0/s1. The van der Waals surface area contributed by atoms with Crippen LogP contribution in [0.5, 0.6) is 0 Å². The second-order valence-corrected chi connectivity index (χ2v) is 7.81. The normalized spacial score (nSPS) is 27.8. The van der Waals surface area contributed by atoms with Gasteiger partial charge in [0, 0.05) is 35.2 Å². The predicted molar refractivity (Wildman–Crippen MR) is 91.6 cm³/mol. The van der Waals surface area contributed by atoms with Gasteiger partial charge < -0.3 is 14.6 Å². The monoisotopic (exact) mass is 360 g/mol. The van der Waals surface area contributed by atoms with Gasteiger partial charge in [-0.2, -0.15) is 0 Å². The molecule has 3 atom stereocenters. The maximum Gasteiger partial charge on any atom is 0.145 e. The van der Waals surface area contributed by atoms with Crippen molar-refractivity contribution in [3.8, 4) is 11.3 Å². The molecule has 2 unspecified atom stereocenters. The van der Waals surface area contributed by atoms with Crippen LogP contribution < -0.4 is 5.32 Å². The Morgan fingerprint density at radius 1 is 1.12 bits per heavy atom. The number of benzene rings is 1. The Balaban J connectivity index is 1.40. The smallest absolute Gasteiger partial charge is 0.145 e. The minimum atomic E-state index is -0.623. The lowest BCUT2D eigenvalue weighted by atomic mass is 10.0. The summed E-state index contributed by atoms with van der Waals surface area (Å²) in [5, 5.41) is 7.72. The molecule has 0 amide bonds. The largest absolute Gasteiger partial charge is 0.373 e. The van der Waals surface area contributed by atoms with Crippen molar-refractivity contribution < 1.29 is 18.0 Å². The van der Waals surface area contributed by atoms with E-state index in [-0.39, 0.29) is 11.7 Å². The third-order valence-electron chi connectivity index (χ3n) is 5.85. The van der Waals surface area contributed by atoms with Crippen LogP contribution in [-0.4, -0.2) is 23.3 Å². The van der Waals surface area contributed by atoms with Crippen molar-refractivity contribution in [2.45, 2.75) is 69.2 Å². The highest BCUT2D eigenvalue weighted by atomic mass is 19.1. The molecule has 0 spiro atoms. The zero-order valence-corrected chi connectivity index (χ0v) is 14.5. The Labute approximate surface area is 150 Å². The second-order valence-electron chi connectivity index (χ2n) is 7.81. The van der Waals surface area contributed by atoms with Gasteiger partial charge in [0.2, 0.25) is 0 Å². The Hall–Kier alpha value is -1.79. The van der Waals surface area contributed by atoms with Gasteiger partial charge in [0.25, 0.3) is 0 Å². The highest BCUT2D eigenvalue weighted by Gasteiger charge is 2.36. The maximum absolute atomic E-state index is 14.3. The summed E-state index contributed by atoms with van der Waals surface area (Å²) >= 11 is 0. The number of fused-ring (bicyclic) bond motifs is 2. The molecular formula is C20H22F2N2O2. The summed E-state index contributed by atoms with van der Waals surface area (Å²) in [6.45, 7) is 0.367. The zero-order valence-electron chi connectivity index (χ0n) is 14.5. The Bertz CT molecular complexity index is 806. The van der Waals surface area contributed by atoms with E-state index in [2.05, 4.69) is 10.5 Å². The van der Waals surface area contributed by atoms with Crippen molar-refractivity contribution >= 4 is 0 Å². The van der Waals surface area contributed by atoms with Crippen molar-refractivity contribution in [3.63, 3.8) is 0 Å². The molecule has 26 heavy (non-hydrogen) atoms. The van der Waals surface area contributed by atoms with Crippen LogP contribution in [0.1, 0.15) is 55.8 Å². The number of nitrogens with one attached hydrogen (secondary N) is 1. The van der Waals surface area contributed by atoms with Gasteiger partial charge in [-0.3, -0.25) is 0 Å². The van der Waals surface area contributed by atoms with Gasteiger partial charge in [-0.1, -0.05) is 5.16 Å². The van der Waals surface area contributed by atoms with Crippen LogP contribution in [0.15, 0.2) is 22.7 Å². The van der Waals surface area contributed by atoms with Crippen molar-refractivity contribution in [3.05, 3.63) is 41.2 Å². The molecule has 2 aliphatic heterocycles. The lowest BCUT2D eigenvalue weighted by Gasteiger charge is -2.29. The topological polar surface area (TPSA) is 47.3 Å². The van der Waals surface area contributed by atoms with Crippen molar-refractivity contribution in [1.82, 2.24) is 10.5 Å². The fraction of sp³-hybridized carbons (Fsp3) is 0.550. The lowest BCUT2D eigenvalue weighted by Crippen LogP contribution is -2.41. The molecular weight excluding hydrogens is 338 g/mol. The fourth-order valence-electron chi connectivity index (χ4n) is 4.36. The van der Waals surface area contributed by atoms with Gasteiger partial charge in [-0.15, -0.1) is 0 Å². The van der Waals surface area contributed by atoms with Crippen LogP contribution in [0.4, 0.5) is 8.78 Å². The molecule has 3 fully saturated rings. The van der Waals surface area contributed by atoms with Crippen LogP contribution in [-0.2, 0) is 11.3 Å². The molecule has 2 bridgehead atoms. The molecule has 0 radical (unpaired) electrons. The summed E-state index contributed by atoms with van der Waals surface area (Å²) in [5.74, 6) is -0.0647. The van der Waals surface area contributed by atoms with Crippen LogP contribution in [0.3, 0.4) is 0 Å². The summed E-state index contributed by atoms with van der Waals surface area (Å²) < 4.78 is 39.3. The second kappa shape index (κ2) is 6.43. The molecule has 6 heteroatoms. The number of halogens is 2. The van der Waals surface area contributed by atoms with E-state index in [1.165, 1.54) is 25.0 Å². The molecule has 2 saturated heterocycles. The first-order valence-corrected chi connectivity index (χ1v) is 9.49. The Morgan fingerprint density at radius 2 is 1.88 bits per heavy atom. The zero-order chi connectivity index (χ0) is 17.7. The van der Waals surface area contributed by atoms with Gasteiger partial charge in [0.15, 0.2) is 0 Å². The number of rotatable bonds is 5.